The number of Topliss-reactive ketones (excluding diaryl/α,β-unsaturated/α-hetero) is 1. The molecule has 1 aliphatic rings. The lowest BCUT2D eigenvalue weighted by molar-refractivity contribution is -0.138. The van der Waals surface area contributed by atoms with Crippen molar-refractivity contribution in [1.82, 2.24) is 0 Å². The summed E-state index contributed by atoms with van der Waals surface area (Å²) in [5, 5.41) is 18.4. The van der Waals surface area contributed by atoms with Gasteiger partial charge in [0, 0.05) is 19.1 Å². The van der Waals surface area contributed by atoms with Gasteiger partial charge in [0.05, 0.1) is 5.57 Å². The number of allylic oxidation sites excluding steroid dienone is 2. The fraction of sp³-hybridized carbons (Fsp3) is 0.583. The van der Waals surface area contributed by atoms with E-state index in [0.717, 1.165) is 0 Å². The van der Waals surface area contributed by atoms with Crippen molar-refractivity contribution >= 4 is 18.0 Å². The summed E-state index contributed by atoms with van der Waals surface area (Å²) in [5.41, 5.74) is -0.117. The average molecular weight is 239 g/mol. The number of carboxylic acid groups (broad SMARTS) is 1. The molecule has 0 radical (unpaired) electrons. The number of carbonyl (C=O) groups is 2. The maximum atomic E-state index is 11.7. The van der Waals surface area contributed by atoms with Crippen LogP contribution in [0.25, 0.3) is 0 Å². The minimum Gasteiger partial charge on any atom is -0.511 e. The van der Waals surface area contributed by atoms with Crippen LogP contribution in [0.5, 0.6) is 0 Å². The predicted octanol–water partition coefficient (Wildman–Crippen LogP) is 1.73. The van der Waals surface area contributed by atoms with Crippen LogP contribution in [0.2, 0.25) is 0 Å². The average Bonchev–Trinajstić information content (AvgIpc) is 2.13. The molecular weight excluding hydrogens is 222 g/mol. The van der Waals surface area contributed by atoms with Gasteiger partial charge >= 0.3 is 5.97 Å². The molecule has 0 fully saturated rings. The molecule has 2 N–H and O–H groups in total. The number of aliphatic imine (C=N–C) groups is 1. The molecule has 0 heterocycles. The number of carbonyl (C=O) groups excluding carboxylic acids is 1. The summed E-state index contributed by atoms with van der Waals surface area (Å²) in [6, 6.07) is -0.918. The number of ketones is 1. The van der Waals surface area contributed by atoms with E-state index in [1.807, 2.05) is 13.8 Å². The molecule has 0 aromatic heterocycles. The number of aliphatic carboxylic acids is 1. The number of carboxylic acids is 1. The number of aliphatic hydroxyl groups is 1. The minimum atomic E-state index is -1.06. The van der Waals surface area contributed by atoms with Gasteiger partial charge in [-0.05, 0) is 12.3 Å². The lowest BCUT2D eigenvalue weighted by atomic mass is 9.77. The van der Waals surface area contributed by atoms with Crippen LogP contribution in [0.15, 0.2) is 16.3 Å². The highest BCUT2D eigenvalue weighted by Crippen LogP contribution is 2.35. The maximum absolute atomic E-state index is 11.7. The van der Waals surface area contributed by atoms with E-state index in [1.165, 1.54) is 13.1 Å². The quantitative estimate of drug-likeness (QED) is 0.734. The largest absolute Gasteiger partial charge is 0.511 e. The molecule has 0 bridgehead atoms. The molecule has 5 heteroatoms. The van der Waals surface area contributed by atoms with Crippen LogP contribution >= 0.6 is 0 Å². The molecule has 17 heavy (non-hydrogen) atoms. The zero-order valence-corrected chi connectivity index (χ0v) is 10.2. The van der Waals surface area contributed by atoms with Crippen LogP contribution in [0, 0.1) is 5.41 Å². The molecule has 94 valence electrons. The van der Waals surface area contributed by atoms with Crippen molar-refractivity contribution in [3.63, 3.8) is 0 Å². The van der Waals surface area contributed by atoms with E-state index in [9.17, 15) is 14.7 Å². The molecule has 1 unspecified atom stereocenters. The summed E-state index contributed by atoms with van der Waals surface area (Å²) in [6.45, 7) is 5.21. The lowest BCUT2D eigenvalue weighted by Crippen LogP contribution is -2.26. The van der Waals surface area contributed by atoms with E-state index in [-0.39, 0.29) is 22.5 Å². The van der Waals surface area contributed by atoms with Crippen molar-refractivity contribution in [2.45, 2.75) is 39.7 Å². The summed E-state index contributed by atoms with van der Waals surface area (Å²) in [4.78, 5) is 26.0. The Morgan fingerprint density at radius 3 is 2.53 bits per heavy atom. The minimum absolute atomic E-state index is 0.00686. The van der Waals surface area contributed by atoms with Crippen LogP contribution in [-0.2, 0) is 9.59 Å². The third kappa shape index (κ3) is 3.41. The van der Waals surface area contributed by atoms with Gasteiger partial charge in [-0.2, -0.15) is 0 Å². The lowest BCUT2D eigenvalue weighted by Gasteiger charge is -2.28. The molecule has 0 saturated heterocycles. The fourth-order valence-electron chi connectivity index (χ4n) is 1.70. The zero-order chi connectivity index (χ0) is 13.2. The Hall–Kier alpha value is -1.65. The van der Waals surface area contributed by atoms with E-state index in [2.05, 4.69) is 4.99 Å². The SMILES string of the molecule is CC(N=CC1=C(O)CC(C)(C)CC1=O)C(=O)O. The van der Waals surface area contributed by atoms with Gasteiger partial charge in [0.15, 0.2) is 5.78 Å². The van der Waals surface area contributed by atoms with Crippen LogP contribution < -0.4 is 0 Å². The summed E-state index contributed by atoms with van der Waals surface area (Å²) >= 11 is 0. The molecule has 0 aromatic carbocycles. The van der Waals surface area contributed by atoms with Crippen LogP contribution in [0.3, 0.4) is 0 Å². The highest BCUT2D eigenvalue weighted by Gasteiger charge is 2.32. The van der Waals surface area contributed by atoms with Gasteiger partial charge in [0.1, 0.15) is 11.8 Å². The summed E-state index contributed by atoms with van der Waals surface area (Å²) < 4.78 is 0. The van der Waals surface area contributed by atoms with Crippen LogP contribution in [-0.4, -0.2) is 34.2 Å². The van der Waals surface area contributed by atoms with Gasteiger partial charge in [-0.15, -0.1) is 0 Å². The second kappa shape index (κ2) is 4.69. The van der Waals surface area contributed by atoms with Crippen molar-refractivity contribution < 1.29 is 19.8 Å². The van der Waals surface area contributed by atoms with Crippen LogP contribution in [0.4, 0.5) is 0 Å². The summed E-state index contributed by atoms with van der Waals surface area (Å²) in [7, 11) is 0. The summed E-state index contributed by atoms with van der Waals surface area (Å²) in [6.07, 6.45) is 1.91. The third-order valence-corrected chi connectivity index (χ3v) is 2.68. The molecular formula is C12H17NO4. The number of aliphatic hydroxyl groups excluding tert-OH is 1. The Morgan fingerprint density at radius 2 is 2.06 bits per heavy atom. The smallest absolute Gasteiger partial charge is 0.328 e. The molecule has 1 atom stereocenters. The van der Waals surface area contributed by atoms with Gasteiger partial charge in [-0.3, -0.25) is 9.79 Å². The number of hydrogen-bond donors (Lipinski definition) is 2. The van der Waals surface area contributed by atoms with E-state index in [0.29, 0.717) is 12.8 Å². The Kier molecular flexibility index (Phi) is 3.70. The van der Waals surface area contributed by atoms with Crippen LogP contribution in [0.1, 0.15) is 33.6 Å². The number of rotatable bonds is 3. The maximum Gasteiger partial charge on any atom is 0.328 e. The second-order valence-electron chi connectivity index (χ2n) is 5.09. The fourth-order valence-corrected chi connectivity index (χ4v) is 1.70. The van der Waals surface area contributed by atoms with E-state index in [4.69, 9.17) is 5.11 Å². The van der Waals surface area contributed by atoms with Crippen molar-refractivity contribution in [3.8, 4) is 0 Å². The molecule has 0 spiro atoms. The normalized spacial score (nSPS) is 21.9. The Balaban J connectivity index is 2.91. The van der Waals surface area contributed by atoms with Gasteiger partial charge < -0.3 is 10.2 Å². The van der Waals surface area contributed by atoms with Gasteiger partial charge in [-0.1, -0.05) is 13.8 Å². The zero-order valence-electron chi connectivity index (χ0n) is 10.2. The van der Waals surface area contributed by atoms with Crippen molar-refractivity contribution in [1.29, 1.82) is 0 Å². The highest BCUT2D eigenvalue weighted by atomic mass is 16.4. The molecule has 0 amide bonds. The molecule has 0 aliphatic heterocycles. The Morgan fingerprint density at radius 1 is 1.47 bits per heavy atom. The van der Waals surface area contributed by atoms with Crippen molar-refractivity contribution in [3.05, 3.63) is 11.3 Å². The molecule has 0 saturated carbocycles. The Labute approximate surface area is 99.9 Å². The molecule has 1 rings (SSSR count). The first-order valence-electron chi connectivity index (χ1n) is 5.44. The van der Waals surface area contributed by atoms with Crippen molar-refractivity contribution in [2.75, 3.05) is 0 Å². The van der Waals surface area contributed by atoms with E-state index in [1.54, 1.807) is 0 Å². The molecule has 1 aliphatic carbocycles. The van der Waals surface area contributed by atoms with Crippen molar-refractivity contribution in [2.24, 2.45) is 10.4 Å². The first-order valence-corrected chi connectivity index (χ1v) is 5.44. The van der Waals surface area contributed by atoms with Gasteiger partial charge in [0.25, 0.3) is 0 Å². The standard InChI is InChI=1S/C12H17NO4/c1-7(11(16)17)13-6-8-9(14)4-12(2,3)5-10(8)15/h6-7,14H,4-5H2,1-3H3,(H,16,17). The number of hydrogen-bond acceptors (Lipinski definition) is 4. The number of nitrogens with zero attached hydrogens (tertiary/aromatic N) is 1. The molecule has 0 aromatic rings. The third-order valence-electron chi connectivity index (χ3n) is 2.68. The second-order valence-corrected chi connectivity index (χ2v) is 5.09. The monoisotopic (exact) mass is 239 g/mol. The summed E-state index contributed by atoms with van der Waals surface area (Å²) in [5.74, 6) is -1.27. The van der Waals surface area contributed by atoms with E-state index >= 15 is 0 Å². The Bertz CT molecular complexity index is 407. The topological polar surface area (TPSA) is 87.0 Å². The highest BCUT2D eigenvalue weighted by molar-refractivity contribution is 6.14. The first kappa shape index (κ1) is 13.4. The molecule has 5 nitrogen and oxygen atoms in total. The van der Waals surface area contributed by atoms with Gasteiger partial charge in [0.2, 0.25) is 0 Å². The first-order chi connectivity index (χ1) is 7.73. The predicted molar refractivity (Wildman–Crippen MR) is 63.3 cm³/mol. The van der Waals surface area contributed by atoms with Gasteiger partial charge in [-0.25, -0.2) is 4.79 Å². The van der Waals surface area contributed by atoms with E-state index < -0.39 is 12.0 Å².